The fourth-order valence-electron chi connectivity index (χ4n) is 2.87. The van der Waals surface area contributed by atoms with Crippen molar-refractivity contribution < 1.29 is 4.79 Å². The van der Waals surface area contributed by atoms with Crippen molar-refractivity contribution in [3.8, 4) is 0 Å². The second-order valence-corrected chi connectivity index (χ2v) is 8.31. The molecule has 21 heavy (non-hydrogen) atoms. The highest BCUT2D eigenvalue weighted by atomic mass is 16.1. The van der Waals surface area contributed by atoms with Crippen molar-refractivity contribution in [2.24, 2.45) is 16.2 Å². The summed E-state index contributed by atoms with van der Waals surface area (Å²) < 4.78 is 0. The Hall–Kier alpha value is -1.31. The Morgan fingerprint density at radius 1 is 1.19 bits per heavy atom. The van der Waals surface area contributed by atoms with Crippen LogP contribution in [0.4, 0.5) is 0 Å². The average molecular weight is 289 g/mol. The maximum absolute atomic E-state index is 13.3. The van der Waals surface area contributed by atoms with E-state index in [0.29, 0.717) is 6.42 Å². The van der Waals surface area contributed by atoms with E-state index in [0.717, 1.165) is 11.3 Å². The van der Waals surface area contributed by atoms with Crippen LogP contribution in [0.25, 0.3) is 0 Å². The fourth-order valence-corrected chi connectivity index (χ4v) is 2.87. The van der Waals surface area contributed by atoms with E-state index in [4.69, 9.17) is 0 Å². The molecule has 1 aliphatic carbocycles. The molecule has 0 heterocycles. The quantitative estimate of drug-likeness (QED) is 0.708. The highest BCUT2D eigenvalue weighted by Crippen LogP contribution is 2.51. The summed E-state index contributed by atoms with van der Waals surface area (Å²) in [5.41, 5.74) is 1.17. The summed E-state index contributed by atoms with van der Waals surface area (Å²) in [6.45, 7) is 16.6. The molecule has 1 rings (SSSR count). The minimum absolute atomic E-state index is 0.162. The fraction of sp³-hybridized carbons (Fsp3) is 0.632. The minimum atomic E-state index is -0.522. The van der Waals surface area contributed by atoms with Gasteiger partial charge < -0.3 is 4.90 Å². The molecule has 1 unspecified atom stereocenters. The summed E-state index contributed by atoms with van der Waals surface area (Å²) >= 11 is 0. The third-order valence-electron chi connectivity index (χ3n) is 4.47. The molecule has 0 fully saturated rings. The lowest BCUT2D eigenvalue weighted by molar-refractivity contribution is -0.128. The number of hydrogen-bond acceptors (Lipinski definition) is 2. The number of carbonyl (C=O) groups is 1. The Kier molecular flexibility index (Phi) is 4.62. The Balaban J connectivity index is 3.63. The van der Waals surface area contributed by atoms with Crippen LogP contribution in [0.2, 0.25) is 0 Å². The number of likely N-dealkylation sites (N-methyl/N-ethyl adjacent to an activating group) is 1. The van der Waals surface area contributed by atoms with Crippen molar-refractivity contribution in [2.45, 2.75) is 48.0 Å². The zero-order chi connectivity index (χ0) is 16.6. The van der Waals surface area contributed by atoms with Crippen LogP contribution < -0.4 is 0 Å². The van der Waals surface area contributed by atoms with Gasteiger partial charge in [0.15, 0.2) is 5.78 Å². The molecule has 0 aromatic rings. The van der Waals surface area contributed by atoms with Crippen molar-refractivity contribution in [3.63, 3.8) is 0 Å². The van der Waals surface area contributed by atoms with E-state index in [1.165, 1.54) is 0 Å². The van der Waals surface area contributed by atoms with Gasteiger partial charge in [0, 0.05) is 25.4 Å². The van der Waals surface area contributed by atoms with E-state index >= 15 is 0 Å². The van der Waals surface area contributed by atoms with Gasteiger partial charge >= 0.3 is 0 Å². The summed E-state index contributed by atoms with van der Waals surface area (Å²) in [5.74, 6) is 0.244. The van der Waals surface area contributed by atoms with Gasteiger partial charge in [-0.1, -0.05) is 47.6 Å². The molecule has 2 nitrogen and oxygen atoms in total. The molecule has 0 radical (unpaired) electrons. The number of ketones is 1. The third-order valence-corrected chi connectivity index (χ3v) is 4.47. The number of allylic oxidation sites excluding steroid dienone is 4. The number of carbonyl (C=O) groups excluding carboxylic acids is 1. The van der Waals surface area contributed by atoms with Gasteiger partial charge in [0.2, 0.25) is 0 Å². The lowest BCUT2D eigenvalue weighted by atomic mass is 9.57. The third kappa shape index (κ3) is 3.14. The summed E-state index contributed by atoms with van der Waals surface area (Å²) in [5, 5.41) is 0. The molecule has 0 saturated carbocycles. The minimum Gasteiger partial charge on any atom is -0.378 e. The van der Waals surface area contributed by atoms with Crippen LogP contribution in [0.3, 0.4) is 0 Å². The first-order valence-corrected chi connectivity index (χ1v) is 7.65. The Bertz CT molecular complexity index is 495. The predicted molar refractivity (Wildman–Crippen MR) is 91.0 cm³/mol. The molecular formula is C19H31NO. The standard InChI is InChI=1S/C19H31NO/c1-10-11-19(18(5,6)7)13-14(20(8)9)12-15(16(19)21)17(2,3)4/h10,12-13H,1,11H2,2-9H3. The van der Waals surface area contributed by atoms with Crippen molar-refractivity contribution in [1.29, 1.82) is 0 Å². The number of nitrogens with zero attached hydrogens (tertiary/aromatic N) is 1. The smallest absolute Gasteiger partial charge is 0.170 e. The molecule has 0 saturated heterocycles. The van der Waals surface area contributed by atoms with Crippen LogP contribution in [0.1, 0.15) is 48.0 Å². The molecule has 2 heteroatoms. The molecule has 1 aliphatic rings. The summed E-state index contributed by atoms with van der Waals surface area (Å²) in [6, 6.07) is 0. The molecule has 0 bridgehead atoms. The van der Waals surface area contributed by atoms with Crippen LogP contribution >= 0.6 is 0 Å². The Morgan fingerprint density at radius 3 is 2.05 bits per heavy atom. The highest BCUT2D eigenvalue weighted by Gasteiger charge is 2.50. The number of Topliss-reactive ketones (excluding diaryl/α,β-unsaturated/α-hetero) is 1. The van der Waals surface area contributed by atoms with E-state index < -0.39 is 5.41 Å². The zero-order valence-corrected chi connectivity index (χ0v) is 15.0. The van der Waals surface area contributed by atoms with Gasteiger partial charge in [0.25, 0.3) is 0 Å². The predicted octanol–water partition coefficient (Wildman–Crippen LogP) is 4.60. The Morgan fingerprint density at radius 2 is 1.71 bits per heavy atom. The van der Waals surface area contributed by atoms with E-state index in [9.17, 15) is 4.79 Å². The second kappa shape index (κ2) is 5.47. The average Bonchev–Trinajstić information content (AvgIpc) is 2.28. The van der Waals surface area contributed by atoms with Crippen LogP contribution in [-0.2, 0) is 4.79 Å². The number of hydrogen-bond donors (Lipinski definition) is 0. The summed E-state index contributed by atoms with van der Waals surface area (Å²) in [4.78, 5) is 15.4. The largest absolute Gasteiger partial charge is 0.378 e. The lowest BCUT2D eigenvalue weighted by Gasteiger charge is -2.46. The van der Waals surface area contributed by atoms with Crippen LogP contribution in [0.5, 0.6) is 0 Å². The molecule has 118 valence electrons. The maximum Gasteiger partial charge on any atom is 0.170 e. The van der Waals surface area contributed by atoms with Crippen molar-refractivity contribution in [2.75, 3.05) is 14.1 Å². The van der Waals surface area contributed by atoms with Crippen LogP contribution in [0, 0.1) is 16.2 Å². The van der Waals surface area contributed by atoms with E-state index in [-0.39, 0.29) is 16.6 Å². The molecule has 0 aromatic carbocycles. The van der Waals surface area contributed by atoms with E-state index in [1.54, 1.807) is 0 Å². The van der Waals surface area contributed by atoms with Gasteiger partial charge in [-0.2, -0.15) is 0 Å². The van der Waals surface area contributed by atoms with Gasteiger partial charge in [-0.3, -0.25) is 4.79 Å². The van der Waals surface area contributed by atoms with Gasteiger partial charge in [-0.05, 0) is 29.4 Å². The second-order valence-electron chi connectivity index (χ2n) is 8.31. The Labute approximate surface area is 130 Å². The van der Waals surface area contributed by atoms with Crippen molar-refractivity contribution in [1.82, 2.24) is 4.90 Å². The number of rotatable bonds is 3. The molecule has 0 amide bonds. The highest BCUT2D eigenvalue weighted by molar-refractivity contribution is 6.04. The molecule has 0 aliphatic heterocycles. The summed E-state index contributed by atoms with van der Waals surface area (Å²) in [7, 11) is 4.06. The molecule has 0 spiro atoms. The zero-order valence-electron chi connectivity index (χ0n) is 15.0. The van der Waals surface area contributed by atoms with Gasteiger partial charge in [0.1, 0.15) is 0 Å². The monoisotopic (exact) mass is 289 g/mol. The maximum atomic E-state index is 13.3. The molecule has 1 atom stereocenters. The van der Waals surface area contributed by atoms with E-state index in [1.807, 2.05) is 20.2 Å². The first kappa shape index (κ1) is 17.7. The van der Waals surface area contributed by atoms with E-state index in [2.05, 4.69) is 65.2 Å². The molecular weight excluding hydrogens is 258 g/mol. The first-order chi connectivity index (χ1) is 9.37. The lowest BCUT2D eigenvalue weighted by Crippen LogP contribution is -2.46. The van der Waals surface area contributed by atoms with Crippen molar-refractivity contribution >= 4 is 5.78 Å². The topological polar surface area (TPSA) is 20.3 Å². The molecule has 0 N–H and O–H groups in total. The first-order valence-electron chi connectivity index (χ1n) is 7.65. The molecule has 0 aromatic heterocycles. The normalized spacial score (nSPS) is 23.5. The SMILES string of the molecule is C=CCC1(C(C)(C)C)C=C(N(C)C)C=C(C(C)(C)C)C1=O. The van der Waals surface area contributed by atoms with Crippen LogP contribution in [0.15, 0.2) is 36.1 Å². The summed E-state index contributed by atoms with van der Waals surface area (Å²) in [6.07, 6.45) is 6.74. The van der Waals surface area contributed by atoms with Gasteiger partial charge in [0.05, 0.1) is 5.41 Å². The van der Waals surface area contributed by atoms with Gasteiger partial charge in [-0.25, -0.2) is 0 Å². The van der Waals surface area contributed by atoms with Crippen molar-refractivity contribution in [3.05, 3.63) is 36.1 Å². The van der Waals surface area contributed by atoms with Gasteiger partial charge in [-0.15, -0.1) is 6.58 Å². The van der Waals surface area contributed by atoms with Crippen LogP contribution in [-0.4, -0.2) is 24.8 Å².